The van der Waals surface area contributed by atoms with Crippen LogP contribution in [0.4, 0.5) is 0 Å². The zero-order valence-electron chi connectivity index (χ0n) is 12.2. The van der Waals surface area contributed by atoms with Gasteiger partial charge in [-0.05, 0) is 50.8 Å². The van der Waals surface area contributed by atoms with Crippen molar-refractivity contribution >= 4 is 0 Å². The Morgan fingerprint density at radius 3 is 2.79 bits per heavy atom. The lowest BCUT2D eigenvalue weighted by Crippen LogP contribution is -2.38. The van der Waals surface area contributed by atoms with Gasteiger partial charge in [-0.1, -0.05) is 36.2 Å². The highest BCUT2D eigenvalue weighted by Gasteiger charge is 2.38. The molecule has 0 aromatic heterocycles. The van der Waals surface area contributed by atoms with E-state index in [1.54, 1.807) is 0 Å². The van der Waals surface area contributed by atoms with Crippen molar-refractivity contribution in [1.82, 2.24) is 10.2 Å². The molecule has 1 heterocycles. The van der Waals surface area contributed by atoms with E-state index in [9.17, 15) is 0 Å². The van der Waals surface area contributed by atoms with Crippen molar-refractivity contribution in [3.8, 4) is 0 Å². The molecule has 2 aliphatic rings. The summed E-state index contributed by atoms with van der Waals surface area (Å²) in [6.07, 6.45) is 4.35. The summed E-state index contributed by atoms with van der Waals surface area (Å²) in [7, 11) is 2.25. The average molecular weight is 258 g/mol. The van der Waals surface area contributed by atoms with Crippen LogP contribution in [0, 0.1) is 18.8 Å². The third-order valence-electron chi connectivity index (χ3n) is 4.96. The van der Waals surface area contributed by atoms with Crippen molar-refractivity contribution in [3.05, 3.63) is 35.4 Å². The predicted octanol–water partition coefficient (Wildman–Crippen LogP) is 2.81. The first-order chi connectivity index (χ1) is 9.22. The Morgan fingerprint density at radius 1 is 1.21 bits per heavy atom. The second-order valence-electron chi connectivity index (χ2n) is 6.55. The van der Waals surface area contributed by atoms with Crippen LogP contribution in [0.5, 0.6) is 0 Å². The largest absolute Gasteiger partial charge is 0.312 e. The van der Waals surface area contributed by atoms with Gasteiger partial charge in [0.05, 0.1) is 0 Å². The number of benzene rings is 1. The minimum Gasteiger partial charge on any atom is -0.312 e. The van der Waals surface area contributed by atoms with Gasteiger partial charge in [-0.25, -0.2) is 0 Å². The smallest absolute Gasteiger partial charge is 0.0231 e. The molecule has 0 radical (unpaired) electrons. The van der Waals surface area contributed by atoms with Gasteiger partial charge in [-0.2, -0.15) is 0 Å². The third-order valence-corrected chi connectivity index (χ3v) is 4.96. The van der Waals surface area contributed by atoms with Crippen molar-refractivity contribution in [2.75, 3.05) is 20.1 Å². The first-order valence-corrected chi connectivity index (χ1v) is 7.70. The second-order valence-corrected chi connectivity index (χ2v) is 6.55. The van der Waals surface area contributed by atoms with Gasteiger partial charge in [0.1, 0.15) is 0 Å². The topological polar surface area (TPSA) is 15.3 Å². The summed E-state index contributed by atoms with van der Waals surface area (Å²) < 4.78 is 0. The van der Waals surface area contributed by atoms with Crippen molar-refractivity contribution < 1.29 is 0 Å². The van der Waals surface area contributed by atoms with E-state index in [1.807, 2.05) is 0 Å². The highest BCUT2D eigenvalue weighted by Crippen LogP contribution is 2.37. The molecule has 3 rings (SSSR count). The Kier molecular flexibility index (Phi) is 3.90. The molecule has 0 spiro atoms. The zero-order chi connectivity index (χ0) is 13.2. The maximum absolute atomic E-state index is 3.74. The lowest BCUT2D eigenvalue weighted by Gasteiger charge is -2.25. The van der Waals surface area contributed by atoms with Crippen molar-refractivity contribution in [1.29, 1.82) is 0 Å². The number of hydrogen-bond donors (Lipinski definition) is 1. The molecule has 2 fully saturated rings. The zero-order valence-corrected chi connectivity index (χ0v) is 12.2. The molecule has 3 unspecified atom stereocenters. The molecule has 1 N–H and O–H groups in total. The number of rotatable bonds is 4. The lowest BCUT2D eigenvalue weighted by molar-refractivity contribution is 0.259. The van der Waals surface area contributed by atoms with Crippen LogP contribution in [0.3, 0.4) is 0 Å². The third kappa shape index (κ3) is 3.01. The van der Waals surface area contributed by atoms with E-state index in [0.29, 0.717) is 0 Å². The molecule has 0 amide bonds. The predicted molar refractivity (Wildman–Crippen MR) is 80.1 cm³/mol. The number of hydrogen-bond acceptors (Lipinski definition) is 2. The van der Waals surface area contributed by atoms with E-state index in [0.717, 1.165) is 24.4 Å². The summed E-state index contributed by atoms with van der Waals surface area (Å²) in [6, 6.07) is 9.66. The molecule has 1 aromatic rings. The fraction of sp³-hybridized carbons (Fsp3) is 0.647. The van der Waals surface area contributed by atoms with Crippen molar-refractivity contribution in [2.45, 2.75) is 38.8 Å². The molecular weight excluding hydrogens is 232 g/mol. The quantitative estimate of drug-likeness (QED) is 0.893. The normalized spacial score (nSPS) is 29.9. The molecule has 19 heavy (non-hydrogen) atoms. The molecule has 1 aromatic carbocycles. The highest BCUT2D eigenvalue weighted by atomic mass is 15.1. The Labute approximate surface area is 117 Å². The average Bonchev–Trinajstić information content (AvgIpc) is 2.97. The second kappa shape index (κ2) is 5.64. The molecule has 1 aliphatic heterocycles. The van der Waals surface area contributed by atoms with Gasteiger partial charge >= 0.3 is 0 Å². The van der Waals surface area contributed by atoms with Crippen LogP contribution in [0.15, 0.2) is 24.3 Å². The first kappa shape index (κ1) is 13.1. The summed E-state index contributed by atoms with van der Waals surface area (Å²) in [5, 5.41) is 3.74. The summed E-state index contributed by atoms with van der Waals surface area (Å²) in [5.74, 6) is 1.92. The Balaban J connectivity index is 1.53. The molecule has 1 saturated heterocycles. The first-order valence-electron chi connectivity index (χ1n) is 7.70. The van der Waals surface area contributed by atoms with Gasteiger partial charge < -0.3 is 10.2 Å². The number of aryl methyl sites for hydroxylation is 1. The summed E-state index contributed by atoms with van der Waals surface area (Å²) in [4.78, 5) is 2.48. The molecule has 1 aliphatic carbocycles. The fourth-order valence-electron chi connectivity index (χ4n) is 3.91. The van der Waals surface area contributed by atoms with E-state index in [2.05, 4.69) is 48.5 Å². The SMILES string of the molecule is Cc1ccc(CN(C)CC2NCC3CCCC32)cc1. The summed E-state index contributed by atoms with van der Waals surface area (Å²) >= 11 is 0. The molecule has 2 nitrogen and oxygen atoms in total. The van der Waals surface area contributed by atoms with Gasteiger partial charge in [0.25, 0.3) is 0 Å². The Morgan fingerprint density at radius 2 is 2.00 bits per heavy atom. The van der Waals surface area contributed by atoms with Crippen LogP contribution in [0.25, 0.3) is 0 Å². The van der Waals surface area contributed by atoms with Crippen molar-refractivity contribution in [2.24, 2.45) is 11.8 Å². The number of fused-ring (bicyclic) bond motifs is 1. The molecule has 0 bridgehead atoms. The van der Waals surface area contributed by atoms with Gasteiger partial charge in [-0.3, -0.25) is 0 Å². The molecular formula is C17H26N2. The molecule has 2 heteroatoms. The summed E-state index contributed by atoms with van der Waals surface area (Å²) in [5.41, 5.74) is 2.77. The van der Waals surface area contributed by atoms with Gasteiger partial charge in [-0.15, -0.1) is 0 Å². The maximum atomic E-state index is 3.74. The standard InChI is InChI=1S/C17H26N2/c1-13-6-8-14(9-7-13)11-19(2)12-17-16-5-3-4-15(16)10-18-17/h6-9,15-18H,3-5,10-12H2,1-2H3. The van der Waals surface area contributed by atoms with E-state index in [-0.39, 0.29) is 0 Å². The van der Waals surface area contributed by atoms with Gasteiger partial charge in [0.15, 0.2) is 0 Å². The maximum Gasteiger partial charge on any atom is 0.0231 e. The minimum atomic E-state index is 0.725. The van der Waals surface area contributed by atoms with Crippen LogP contribution in [0.1, 0.15) is 30.4 Å². The van der Waals surface area contributed by atoms with E-state index in [4.69, 9.17) is 0 Å². The van der Waals surface area contributed by atoms with Crippen LogP contribution >= 0.6 is 0 Å². The Bertz CT molecular complexity index is 412. The van der Waals surface area contributed by atoms with E-state index >= 15 is 0 Å². The Hall–Kier alpha value is -0.860. The highest BCUT2D eigenvalue weighted by molar-refractivity contribution is 5.21. The van der Waals surface area contributed by atoms with E-state index in [1.165, 1.54) is 43.5 Å². The number of likely N-dealkylation sites (N-methyl/N-ethyl adjacent to an activating group) is 1. The van der Waals surface area contributed by atoms with Crippen LogP contribution in [0.2, 0.25) is 0 Å². The van der Waals surface area contributed by atoms with Crippen LogP contribution < -0.4 is 5.32 Å². The molecule has 104 valence electrons. The fourth-order valence-corrected chi connectivity index (χ4v) is 3.91. The van der Waals surface area contributed by atoms with Crippen molar-refractivity contribution in [3.63, 3.8) is 0 Å². The monoisotopic (exact) mass is 258 g/mol. The van der Waals surface area contributed by atoms with E-state index < -0.39 is 0 Å². The molecule has 3 atom stereocenters. The minimum absolute atomic E-state index is 0.725. The number of nitrogens with zero attached hydrogens (tertiary/aromatic N) is 1. The lowest BCUT2D eigenvalue weighted by atomic mass is 9.94. The van der Waals surface area contributed by atoms with Crippen LogP contribution in [-0.2, 0) is 6.54 Å². The van der Waals surface area contributed by atoms with Gasteiger partial charge in [0.2, 0.25) is 0 Å². The van der Waals surface area contributed by atoms with Crippen LogP contribution in [-0.4, -0.2) is 31.1 Å². The summed E-state index contributed by atoms with van der Waals surface area (Å²) in [6.45, 7) is 5.66. The van der Waals surface area contributed by atoms with Gasteiger partial charge in [0, 0.05) is 19.1 Å². The molecule has 1 saturated carbocycles. The number of nitrogens with one attached hydrogen (secondary N) is 1.